The molecule has 1 heterocycles. The third-order valence-electron chi connectivity index (χ3n) is 2.42. The molecule has 12 heteroatoms. The summed E-state index contributed by atoms with van der Waals surface area (Å²) >= 11 is 0. The number of H-pyrrole nitrogens is 1. The quantitative estimate of drug-likeness (QED) is 0.269. The summed E-state index contributed by atoms with van der Waals surface area (Å²) in [7, 11) is -4.39. The molecule has 1 unspecified atom stereocenters. The van der Waals surface area contributed by atoms with E-state index in [4.69, 9.17) is 20.1 Å². The molecule has 1 aromatic rings. The Bertz CT molecular complexity index is 699. The molecular formula is C9H14N5O6P. The summed E-state index contributed by atoms with van der Waals surface area (Å²) in [5.41, 5.74) is 7.34. The molecule has 0 saturated carbocycles. The second-order valence-electron chi connectivity index (χ2n) is 4.22. The van der Waals surface area contributed by atoms with Gasteiger partial charge in [0, 0.05) is 16.7 Å². The predicted molar refractivity (Wildman–Crippen MR) is 71.9 cm³/mol. The van der Waals surface area contributed by atoms with E-state index in [1.165, 1.54) is 13.1 Å². The lowest BCUT2D eigenvalue weighted by Crippen LogP contribution is -2.35. The van der Waals surface area contributed by atoms with Crippen LogP contribution in [0.25, 0.3) is 10.4 Å². The number of nitrogens with zero attached hydrogens (tertiary/aromatic N) is 4. The molecule has 0 aliphatic heterocycles. The maximum absolute atomic E-state index is 11.6. The van der Waals surface area contributed by atoms with E-state index in [1.54, 1.807) is 0 Å². The number of aromatic amines is 1. The van der Waals surface area contributed by atoms with Crippen LogP contribution in [-0.4, -0.2) is 38.3 Å². The van der Waals surface area contributed by atoms with Crippen LogP contribution in [0.1, 0.15) is 5.56 Å². The Morgan fingerprint density at radius 3 is 2.81 bits per heavy atom. The molecule has 1 aromatic heterocycles. The van der Waals surface area contributed by atoms with E-state index < -0.39 is 31.3 Å². The van der Waals surface area contributed by atoms with Gasteiger partial charge in [0.15, 0.2) is 0 Å². The minimum atomic E-state index is -4.39. The zero-order valence-corrected chi connectivity index (χ0v) is 11.9. The summed E-state index contributed by atoms with van der Waals surface area (Å²) in [6.45, 7) is 1.14. The van der Waals surface area contributed by atoms with E-state index in [0.717, 1.165) is 4.57 Å². The van der Waals surface area contributed by atoms with Crippen molar-refractivity contribution in [2.45, 2.75) is 19.6 Å². The zero-order valence-electron chi connectivity index (χ0n) is 11.0. The first-order chi connectivity index (χ1) is 9.73. The molecule has 1 rings (SSSR count). The fourth-order valence-electron chi connectivity index (χ4n) is 1.47. The first-order valence-electron chi connectivity index (χ1n) is 5.70. The number of rotatable bonds is 7. The molecule has 0 saturated heterocycles. The standard InChI is InChI=1S/C9H14N5O6P/c1-6-3-14(9(16)12-8(6)15)4-7(2-11-13-10)20-5-21(17,18)19/h3,7H,2,4-5H2,1H3,(H,12,15,16)(H2,17,18,19). The lowest BCUT2D eigenvalue weighted by Gasteiger charge is -2.17. The molecule has 116 valence electrons. The van der Waals surface area contributed by atoms with E-state index in [1.807, 2.05) is 0 Å². The molecule has 0 amide bonds. The Morgan fingerprint density at radius 2 is 2.24 bits per heavy atom. The normalized spacial score (nSPS) is 12.7. The topological polar surface area (TPSA) is 170 Å². The monoisotopic (exact) mass is 319 g/mol. The number of hydrogen-bond acceptors (Lipinski definition) is 5. The molecule has 1 atom stereocenters. The number of aryl methyl sites for hydroxylation is 1. The van der Waals surface area contributed by atoms with Gasteiger partial charge in [-0.3, -0.25) is 18.9 Å². The zero-order chi connectivity index (χ0) is 16.0. The maximum Gasteiger partial charge on any atom is 0.350 e. The molecule has 21 heavy (non-hydrogen) atoms. The van der Waals surface area contributed by atoms with Gasteiger partial charge < -0.3 is 14.5 Å². The van der Waals surface area contributed by atoms with Crippen molar-refractivity contribution in [3.8, 4) is 0 Å². The molecule has 0 aromatic carbocycles. The number of ether oxygens (including phenoxy) is 1. The molecule has 11 nitrogen and oxygen atoms in total. The van der Waals surface area contributed by atoms with Crippen LogP contribution in [0.2, 0.25) is 0 Å². The van der Waals surface area contributed by atoms with Gasteiger partial charge in [0.25, 0.3) is 5.56 Å². The van der Waals surface area contributed by atoms with Gasteiger partial charge in [-0.2, -0.15) is 0 Å². The van der Waals surface area contributed by atoms with Crippen molar-refractivity contribution in [1.82, 2.24) is 9.55 Å². The average Bonchev–Trinajstić information content (AvgIpc) is 2.37. The van der Waals surface area contributed by atoms with Gasteiger partial charge in [0.1, 0.15) is 6.35 Å². The van der Waals surface area contributed by atoms with Crippen molar-refractivity contribution < 1.29 is 19.1 Å². The average molecular weight is 319 g/mol. The van der Waals surface area contributed by atoms with Crippen molar-refractivity contribution in [2.75, 3.05) is 12.9 Å². The van der Waals surface area contributed by atoms with Crippen LogP contribution in [-0.2, 0) is 15.8 Å². The largest absolute Gasteiger partial charge is 0.364 e. The Hall–Kier alpha value is -1.90. The Kier molecular flexibility index (Phi) is 5.89. The van der Waals surface area contributed by atoms with Gasteiger partial charge >= 0.3 is 13.3 Å². The number of aromatic nitrogens is 2. The summed E-state index contributed by atoms with van der Waals surface area (Å²) in [4.78, 5) is 45.0. The summed E-state index contributed by atoms with van der Waals surface area (Å²) in [5, 5.41) is 3.25. The van der Waals surface area contributed by atoms with Crippen LogP contribution in [0.5, 0.6) is 0 Å². The first-order valence-corrected chi connectivity index (χ1v) is 7.50. The van der Waals surface area contributed by atoms with Gasteiger partial charge in [0.2, 0.25) is 0 Å². The van der Waals surface area contributed by atoms with Crippen LogP contribution in [0.15, 0.2) is 20.9 Å². The molecule has 0 bridgehead atoms. The highest BCUT2D eigenvalue weighted by atomic mass is 31.2. The molecule has 0 aliphatic rings. The summed E-state index contributed by atoms with van der Waals surface area (Å²) in [6, 6.07) is 0. The van der Waals surface area contributed by atoms with Crippen LogP contribution in [0.4, 0.5) is 0 Å². The third-order valence-corrected chi connectivity index (χ3v) is 2.90. The molecular weight excluding hydrogens is 305 g/mol. The molecule has 0 aliphatic carbocycles. The van der Waals surface area contributed by atoms with Gasteiger partial charge in [0.05, 0.1) is 19.2 Å². The highest BCUT2D eigenvalue weighted by Crippen LogP contribution is 2.34. The highest BCUT2D eigenvalue weighted by Gasteiger charge is 2.18. The van der Waals surface area contributed by atoms with E-state index in [2.05, 4.69) is 15.0 Å². The summed E-state index contributed by atoms with van der Waals surface area (Å²) < 4.78 is 16.8. The number of hydrogen-bond donors (Lipinski definition) is 3. The fraction of sp³-hybridized carbons (Fsp3) is 0.556. The van der Waals surface area contributed by atoms with Crippen LogP contribution in [0, 0.1) is 6.92 Å². The van der Waals surface area contributed by atoms with Crippen molar-refractivity contribution in [3.63, 3.8) is 0 Å². The van der Waals surface area contributed by atoms with E-state index in [0.29, 0.717) is 0 Å². The summed E-state index contributed by atoms with van der Waals surface area (Å²) in [6.07, 6.45) is -0.502. The lowest BCUT2D eigenvalue weighted by molar-refractivity contribution is 0.0674. The fourth-order valence-corrected chi connectivity index (χ4v) is 1.87. The third kappa shape index (κ3) is 5.94. The Morgan fingerprint density at radius 1 is 1.57 bits per heavy atom. The second-order valence-corrected chi connectivity index (χ2v) is 5.81. The minimum absolute atomic E-state index is 0.129. The van der Waals surface area contributed by atoms with E-state index >= 15 is 0 Å². The highest BCUT2D eigenvalue weighted by molar-refractivity contribution is 7.51. The van der Waals surface area contributed by atoms with Gasteiger partial charge in [-0.15, -0.1) is 0 Å². The van der Waals surface area contributed by atoms with Gasteiger partial charge in [-0.1, -0.05) is 5.11 Å². The maximum atomic E-state index is 11.6. The predicted octanol–water partition coefficient (Wildman–Crippen LogP) is -0.324. The van der Waals surface area contributed by atoms with Crippen molar-refractivity contribution in [2.24, 2.45) is 5.11 Å². The number of azide groups is 1. The molecule has 0 spiro atoms. The van der Waals surface area contributed by atoms with Crippen LogP contribution >= 0.6 is 7.60 Å². The molecule has 0 radical (unpaired) electrons. The van der Waals surface area contributed by atoms with Crippen molar-refractivity contribution in [3.05, 3.63) is 43.0 Å². The van der Waals surface area contributed by atoms with Gasteiger partial charge in [-0.05, 0) is 12.5 Å². The van der Waals surface area contributed by atoms with Crippen LogP contribution in [0.3, 0.4) is 0 Å². The van der Waals surface area contributed by atoms with E-state index in [-0.39, 0.29) is 18.7 Å². The van der Waals surface area contributed by atoms with Gasteiger partial charge in [-0.25, -0.2) is 4.79 Å². The summed E-state index contributed by atoms with van der Waals surface area (Å²) in [5.74, 6) is 0. The molecule has 3 N–H and O–H groups in total. The van der Waals surface area contributed by atoms with Crippen LogP contribution < -0.4 is 11.2 Å². The minimum Gasteiger partial charge on any atom is -0.364 e. The lowest BCUT2D eigenvalue weighted by atomic mass is 10.3. The Balaban J connectivity index is 2.92. The van der Waals surface area contributed by atoms with Crippen molar-refractivity contribution in [1.29, 1.82) is 0 Å². The first kappa shape index (κ1) is 17.2. The van der Waals surface area contributed by atoms with Crippen molar-refractivity contribution >= 4 is 7.60 Å². The Labute approximate surface area is 118 Å². The van der Waals surface area contributed by atoms with E-state index in [9.17, 15) is 14.2 Å². The number of nitrogens with one attached hydrogen (secondary N) is 1. The smallest absolute Gasteiger partial charge is 0.350 e. The second kappa shape index (κ2) is 7.21. The SMILES string of the molecule is Cc1cn(CC(CN=[N+]=[N-])OCP(=O)(O)O)c(=O)[nH]c1=O. The molecule has 0 fully saturated rings.